The lowest BCUT2D eigenvalue weighted by molar-refractivity contribution is -0.00587. The van der Waals surface area contributed by atoms with Gasteiger partial charge >= 0.3 is 0 Å². The first kappa shape index (κ1) is 19.1. The highest BCUT2D eigenvalue weighted by atomic mass is 35.5. The zero-order valence-electron chi connectivity index (χ0n) is 16.3. The molecule has 30 heavy (non-hydrogen) atoms. The van der Waals surface area contributed by atoms with Gasteiger partial charge in [0.1, 0.15) is 17.2 Å². The first-order valence-corrected chi connectivity index (χ1v) is 10.2. The average Bonchev–Trinajstić information content (AvgIpc) is 3.19. The van der Waals surface area contributed by atoms with Gasteiger partial charge in [-0.15, -0.1) is 0 Å². The standard InChI is InChI=1S/C22H19ClFN3O3/c1-12-6-13(7-14-11-25-26-20(12)14)21(29)27-4-2-22(3-5-27)10-18(28)15-8-16(23)17(24)9-19(15)30-22/h6-9,11H,2-5,10H2,1H3,(H,25,26). The number of nitrogens with one attached hydrogen (secondary N) is 1. The number of rotatable bonds is 1. The van der Waals surface area contributed by atoms with Gasteiger partial charge in [-0.1, -0.05) is 11.6 Å². The monoisotopic (exact) mass is 427 g/mol. The van der Waals surface area contributed by atoms with Crippen LogP contribution in [0, 0.1) is 12.7 Å². The number of hydrogen-bond donors (Lipinski definition) is 1. The molecule has 1 aromatic heterocycles. The maximum atomic E-state index is 13.9. The summed E-state index contributed by atoms with van der Waals surface area (Å²) in [5.41, 5.74) is 2.09. The minimum Gasteiger partial charge on any atom is -0.486 e. The van der Waals surface area contributed by atoms with Crippen LogP contribution >= 0.6 is 11.6 Å². The number of aromatic amines is 1. The first-order chi connectivity index (χ1) is 14.3. The Morgan fingerprint density at radius 3 is 2.80 bits per heavy atom. The van der Waals surface area contributed by atoms with Crippen LogP contribution in [0.2, 0.25) is 5.02 Å². The molecular formula is C22H19ClFN3O3. The highest BCUT2D eigenvalue weighted by Gasteiger charge is 2.44. The molecule has 154 valence electrons. The molecule has 2 aliphatic rings. The fourth-order valence-electron chi connectivity index (χ4n) is 4.43. The lowest BCUT2D eigenvalue weighted by Crippen LogP contribution is -2.52. The molecule has 0 unspecified atom stereocenters. The van der Waals surface area contributed by atoms with Gasteiger partial charge in [0, 0.05) is 42.9 Å². The number of likely N-dealkylation sites (tertiary alicyclic amines) is 1. The van der Waals surface area contributed by atoms with E-state index in [4.69, 9.17) is 16.3 Å². The van der Waals surface area contributed by atoms with Crippen LogP contribution in [0.5, 0.6) is 5.75 Å². The van der Waals surface area contributed by atoms with Gasteiger partial charge in [-0.2, -0.15) is 5.10 Å². The van der Waals surface area contributed by atoms with Crippen molar-refractivity contribution < 1.29 is 18.7 Å². The van der Waals surface area contributed by atoms with E-state index in [1.165, 1.54) is 12.1 Å². The summed E-state index contributed by atoms with van der Waals surface area (Å²) in [6.45, 7) is 2.85. The number of nitrogens with zero attached hydrogens (tertiary/aromatic N) is 2. The number of aromatic nitrogens is 2. The summed E-state index contributed by atoms with van der Waals surface area (Å²) in [6, 6.07) is 6.20. The molecule has 1 spiro atoms. The number of hydrogen-bond acceptors (Lipinski definition) is 4. The van der Waals surface area contributed by atoms with E-state index < -0.39 is 11.4 Å². The van der Waals surface area contributed by atoms with E-state index in [1.54, 1.807) is 11.1 Å². The van der Waals surface area contributed by atoms with Crippen LogP contribution in [0.4, 0.5) is 4.39 Å². The van der Waals surface area contributed by atoms with Gasteiger partial charge in [-0.3, -0.25) is 14.7 Å². The van der Waals surface area contributed by atoms with Crippen LogP contribution in [0.15, 0.2) is 30.5 Å². The van der Waals surface area contributed by atoms with Gasteiger partial charge in [-0.05, 0) is 30.7 Å². The summed E-state index contributed by atoms with van der Waals surface area (Å²) in [4.78, 5) is 27.5. The molecule has 0 saturated carbocycles. The summed E-state index contributed by atoms with van der Waals surface area (Å²) in [6.07, 6.45) is 2.90. The van der Waals surface area contributed by atoms with Crippen molar-refractivity contribution in [1.82, 2.24) is 15.1 Å². The zero-order chi connectivity index (χ0) is 21.0. The molecule has 6 nitrogen and oxygen atoms in total. The van der Waals surface area contributed by atoms with Crippen LogP contribution in [-0.2, 0) is 0 Å². The Balaban J connectivity index is 1.35. The largest absolute Gasteiger partial charge is 0.486 e. The van der Waals surface area contributed by atoms with Crippen molar-refractivity contribution in [1.29, 1.82) is 0 Å². The molecule has 2 aliphatic heterocycles. The maximum Gasteiger partial charge on any atom is 0.253 e. The van der Waals surface area contributed by atoms with E-state index in [2.05, 4.69) is 10.2 Å². The molecule has 3 heterocycles. The number of piperidine rings is 1. The molecule has 1 amide bonds. The van der Waals surface area contributed by atoms with Gasteiger partial charge in [0.15, 0.2) is 5.78 Å². The number of aryl methyl sites for hydroxylation is 1. The number of ether oxygens (including phenoxy) is 1. The van der Waals surface area contributed by atoms with Crippen molar-refractivity contribution in [2.24, 2.45) is 0 Å². The summed E-state index contributed by atoms with van der Waals surface area (Å²) >= 11 is 5.81. The molecule has 3 aromatic rings. The van der Waals surface area contributed by atoms with E-state index in [-0.39, 0.29) is 28.9 Å². The predicted molar refractivity (Wildman–Crippen MR) is 110 cm³/mol. The average molecular weight is 428 g/mol. The van der Waals surface area contributed by atoms with Crippen LogP contribution < -0.4 is 4.74 Å². The quantitative estimate of drug-likeness (QED) is 0.628. The van der Waals surface area contributed by atoms with E-state index in [1.807, 2.05) is 19.1 Å². The number of carbonyl (C=O) groups is 2. The third-order valence-electron chi connectivity index (χ3n) is 6.09. The molecule has 1 fully saturated rings. The van der Waals surface area contributed by atoms with Gasteiger partial charge < -0.3 is 9.64 Å². The van der Waals surface area contributed by atoms with Gasteiger partial charge in [0.25, 0.3) is 5.91 Å². The number of benzene rings is 2. The highest BCUT2D eigenvalue weighted by Crippen LogP contribution is 2.41. The lowest BCUT2D eigenvalue weighted by Gasteiger charge is -2.44. The topological polar surface area (TPSA) is 75.3 Å². The van der Waals surface area contributed by atoms with E-state index in [0.717, 1.165) is 16.5 Å². The van der Waals surface area contributed by atoms with Crippen LogP contribution in [-0.4, -0.2) is 45.5 Å². The second kappa shape index (κ2) is 6.80. The van der Waals surface area contributed by atoms with Crippen LogP contribution in [0.1, 0.15) is 45.5 Å². The number of halogens is 2. The molecule has 8 heteroatoms. The van der Waals surface area contributed by atoms with Crippen molar-refractivity contribution in [2.45, 2.75) is 31.8 Å². The Bertz CT molecular complexity index is 1200. The Morgan fingerprint density at radius 1 is 1.27 bits per heavy atom. The summed E-state index contributed by atoms with van der Waals surface area (Å²) < 4.78 is 20.0. The predicted octanol–water partition coefficient (Wildman–Crippen LogP) is 4.30. The third kappa shape index (κ3) is 3.04. The molecular weight excluding hydrogens is 409 g/mol. The van der Waals surface area contributed by atoms with Crippen LogP contribution in [0.3, 0.4) is 0 Å². The van der Waals surface area contributed by atoms with Gasteiger partial charge in [0.2, 0.25) is 0 Å². The number of amides is 1. The number of Topliss-reactive ketones (excluding diaryl/α,β-unsaturated/α-hetero) is 1. The summed E-state index contributed by atoms with van der Waals surface area (Å²) in [7, 11) is 0. The fourth-order valence-corrected chi connectivity index (χ4v) is 4.59. The Morgan fingerprint density at radius 2 is 2.03 bits per heavy atom. The minimum atomic E-state index is -0.717. The second-order valence-corrected chi connectivity index (χ2v) is 8.47. The second-order valence-electron chi connectivity index (χ2n) is 8.07. The summed E-state index contributed by atoms with van der Waals surface area (Å²) in [5, 5.41) is 7.77. The van der Waals surface area contributed by atoms with E-state index in [9.17, 15) is 14.0 Å². The molecule has 1 saturated heterocycles. The molecule has 5 rings (SSSR count). The Labute approximate surface area is 177 Å². The number of ketones is 1. The molecule has 2 aromatic carbocycles. The molecule has 0 bridgehead atoms. The zero-order valence-corrected chi connectivity index (χ0v) is 17.1. The lowest BCUT2D eigenvalue weighted by atomic mass is 9.82. The first-order valence-electron chi connectivity index (χ1n) is 9.79. The van der Waals surface area contributed by atoms with Crippen molar-refractivity contribution >= 4 is 34.2 Å². The smallest absolute Gasteiger partial charge is 0.253 e. The van der Waals surface area contributed by atoms with E-state index in [0.29, 0.717) is 37.1 Å². The van der Waals surface area contributed by atoms with E-state index >= 15 is 0 Å². The Kier molecular flexibility index (Phi) is 4.32. The molecule has 1 N–H and O–H groups in total. The van der Waals surface area contributed by atoms with Crippen molar-refractivity contribution in [3.05, 3.63) is 58.0 Å². The van der Waals surface area contributed by atoms with Gasteiger partial charge in [0.05, 0.1) is 28.7 Å². The number of fused-ring (bicyclic) bond motifs is 2. The highest BCUT2D eigenvalue weighted by molar-refractivity contribution is 6.31. The van der Waals surface area contributed by atoms with Crippen molar-refractivity contribution in [3.63, 3.8) is 0 Å². The SMILES string of the molecule is Cc1cc(C(=O)N2CCC3(CC2)CC(=O)c2cc(Cl)c(F)cc2O3)cc2cn[nH]c12. The molecule has 0 aliphatic carbocycles. The van der Waals surface area contributed by atoms with Crippen molar-refractivity contribution in [2.75, 3.05) is 13.1 Å². The number of H-pyrrole nitrogens is 1. The van der Waals surface area contributed by atoms with Crippen molar-refractivity contribution in [3.8, 4) is 5.75 Å². The molecule has 0 atom stereocenters. The van der Waals surface area contributed by atoms with Crippen LogP contribution in [0.25, 0.3) is 10.9 Å². The normalized spacial score (nSPS) is 17.8. The fraction of sp³-hybridized carbons (Fsp3) is 0.318. The summed E-state index contributed by atoms with van der Waals surface area (Å²) in [5.74, 6) is -0.553. The maximum absolute atomic E-state index is 13.9. The Hall–Kier alpha value is -2.93. The minimum absolute atomic E-state index is 0.0589. The molecule has 0 radical (unpaired) electrons. The van der Waals surface area contributed by atoms with Gasteiger partial charge in [-0.25, -0.2) is 4.39 Å². The third-order valence-corrected chi connectivity index (χ3v) is 6.38. The number of carbonyl (C=O) groups excluding carboxylic acids is 2.